The van der Waals surface area contributed by atoms with Gasteiger partial charge in [-0.25, -0.2) is 4.98 Å². The zero-order chi connectivity index (χ0) is 21.0. The summed E-state index contributed by atoms with van der Waals surface area (Å²) in [6.45, 7) is 5.61. The summed E-state index contributed by atoms with van der Waals surface area (Å²) >= 11 is 0. The number of rotatable bonds is 3. The number of pyridine rings is 1. The molecule has 29 heavy (non-hydrogen) atoms. The monoisotopic (exact) mass is 403 g/mol. The molecular weight excluding hydrogens is 370 g/mol. The number of aliphatic hydroxyl groups excluding tert-OH is 1. The van der Waals surface area contributed by atoms with Gasteiger partial charge in [-0.2, -0.15) is 0 Å². The first-order valence-corrected chi connectivity index (χ1v) is 10.7. The molecule has 0 atom stereocenters. The number of hydrogen-bond acceptors (Lipinski definition) is 5. The van der Waals surface area contributed by atoms with Crippen LogP contribution in [-0.4, -0.2) is 59.1 Å². The summed E-state index contributed by atoms with van der Waals surface area (Å²) in [4.78, 5) is 31.2. The van der Waals surface area contributed by atoms with Gasteiger partial charge in [-0.15, -0.1) is 0 Å². The van der Waals surface area contributed by atoms with Crippen molar-refractivity contribution in [2.45, 2.75) is 71.0 Å². The van der Waals surface area contributed by atoms with Crippen molar-refractivity contribution < 1.29 is 19.4 Å². The minimum absolute atomic E-state index is 0.0868. The van der Waals surface area contributed by atoms with Crippen molar-refractivity contribution in [3.05, 3.63) is 18.3 Å². The highest BCUT2D eigenvalue weighted by Crippen LogP contribution is 2.45. The molecule has 3 heterocycles. The van der Waals surface area contributed by atoms with Crippen LogP contribution in [0.15, 0.2) is 18.3 Å². The van der Waals surface area contributed by atoms with Crippen LogP contribution in [-0.2, 0) is 9.59 Å². The fraction of sp³-hybridized carbons (Fsp3) is 0.682. The second kappa shape index (κ2) is 9.11. The third kappa shape index (κ3) is 5.07. The van der Waals surface area contributed by atoms with Crippen LogP contribution in [0.4, 0.5) is 5.69 Å². The molecule has 4 rings (SSSR count). The van der Waals surface area contributed by atoms with Crippen LogP contribution >= 0.6 is 0 Å². The zero-order valence-corrected chi connectivity index (χ0v) is 17.8. The number of aromatic nitrogens is 1. The van der Waals surface area contributed by atoms with Crippen LogP contribution in [0.25, 0.3) is 0 Å². The van der Waals surface area contributed by atoms with Crippen molar-refractivity contribution in [3.63, 3.8) is 0 Å². The van der Waals surface area contributed by atoms with E-state index in [4.69, 9.17) is 4.74 Å². The molecule has 0 radical (unpaired) electrons. The highest BCUT2D eigenvalue weighted by Gasteiger charge is 2.48. The standard InChI is InChI=1S/C17H24N2O3.C5H9NO/c1-12(2)22-15-4-3-13(11-18-15)19-10-9-17(16(19)21)7-5-14(20)6-8-17;1-6-4-2-3-5(6)7/h3-4,11-12,14,20H,5-10H2,1-2H3;2-4H2,1H3. The molecule has 1 N–H and O–H groups in total. The molecule has 1 spiro atoms. The Hall–Kier alpha value is -2.15. The van der Waals surface area contributed by atoms with Crippen LogP contribution in [0, 0.1) is 5.41 Å². The number of amides is 2. The van der Waals surface area contributed by atoms with E-state index in [0.717, 1.165) is 63.7 Å². The third-order valence-corrected chi connectivity index (χ3v) is 6.12. The lowest BCUT2D eigenvalue weighted by atomic mass is 9.72. The van der Waals surface area contributed by atoms with Crippen molar-refractivity contribution in [2.75, 3.05) is 25.0 Å². The van der Waals surface area contributed by atoms with E-state index in [9.17, 15) is 14.7 Å². The van der Waals surface area contributed by atoms with Crippen molar-refractivity contribution in [3.8, 4) is 5.88 Å². The second-order valence-electron chi connectivity index (χ2n) is 8.66. The van der Waals surface area contributed by atoms with Gasteiger partial charge in [-0.3, -0.25) is 9.59 Å². The first kappa shape index (κ1) is 21.6. The molecule has 1 aromatic rings. The number of likely N-dealkylation sites (tertiary alicyclic amines) is 1. The van der Waals surface area contributed by atoms with Crippen molar-refractivity contribution in [1.82, 2.24) is 9.88 Å². The number of aliphatic hydroxyl groups is 1. The molecule has 0 unspecified atom stereocenters. The summed E-state index contributed by atoms with van der Waals surface area (Å²) in [5.74, 6) is 1.07. The third-order valence-electron chi connectivity index (χ3n) is 6.12. The summed E-state index contributed by atoms with van der Waals surface area (Å²) < 4.78 is 5.54. The van der Waals surface area contributed by atoms with Gasteiger partial charge in [-0.1, -0.05) is 0 Å². The number of ether oxygens (including phenoxy) is 1. The molecule has 0 bridgehead atoms. The molecular formula is C22H33N3O4. The predicted octanol–water partition coefficient (Wildman–Crippen LogP) is 2.77. The molecule has 7 nitrogen and oxygen atoms in total. The number of nitrogens with zero attached hydrogens (tertiary/aromatic N) is 3. The van der Waals surface area contributed by atoms with E-state index in [1.54, 1.807) is 11.1 Å². The van der Waals surface area contributed by atoms with E-state index in [1.807, 2.05) is 37.9 Å². The Labute approximate surface area is 173 Å². The fourth-order valence-corrected chi connectivity index (χ4v) is 4.31. The number of anilines is 1. The Kier molecular flexibility index (Phi) is 6.77. The molecule has 2 aliphatic heterocycles. The van der Waals surface area contributed by atoms with Gasteiger partial charge in [0.25, 0.3) is 0 Å². The SMILES string of the molecule is CC(C)Oc1ccc(N2CCC3(CCC(O)CC3)C2=O)cn1.CN1CCCC1=O. The molecule has 2 amide bonds. The summed E-state index contributed by atoms with van der Waals surface area (Å²) in [6.07, 6.45) is 7.32. The lowest BCUT2D eigenvalue weighted by molar-refractivity contribution is -0.128. The van der Waals surface area contributed by atoms with Gasteiger partial charge in [0.1, 0.15) is 0 Å². The molecule has 2 saturated heterocycles. The molecule has 1 saturated carbocycles. The first-order chi connectivity index (χ1) is 13.8. The maximum absolute atomic E-state index is 12.8. The molecule has 1 aliphatic carbocycles. The quantitative estimate of drug-likeness (QED) is 0.839. The van der Waals surface area contributed by atoms with Crippen LogP contribution in [0.2, 0.25) is 0 Å². The Morgan fingerprint density at radius 1 is 1.17 bits per heavy atom. The molecule has 7 heteroatoms. The first-order valence-electron chi connectivity index (χ1n) is 10.7. The number of carbonyl (C=O) groups is 2. The molecule has 3 fully saturated rings. The predicted molar refractivity (Wildman–Crippen MR) is 111 cm³/mol. The maximum atomic E-state index is 12.8. The second-order valence-corrected chi connectivity index (χ2v) is 8.66. The van der Waals surface area contributed by atoms with E-state index < -0.39 is 0 Å². The number of carbonyl (C=O) groups excluding carboxylic acids is 2. The van der Waals surface area contributed by atoms with Gasteiger partial charge in [0, 0.05) is 32.6 Å². The van der Waals surface area contributed by atoms with Crippen molar-refractivity contribution in [1.29, 1.82) is 0 Å². The smallest absolute Gasteiger partial charge is 0.233 e. The highest BCUT2D eigenvalue weighted by molar-refractivity contribution is 5.99. The Morgan fingerprint density at radius 2 is 1.90 bits per heavy atom. The lowest BCUT2D eigenvalue weighted by Gasteiger charge is -2.33. The number of hydrogen-bond donors (Lipinski definition) is 1. The normalized spacial score (nSPS) is 26.9. The van der Waals surface area contributed by atoms with Gasteiger partial charge in [0.2, 0.25) is 17.7 Å². The molecule has 1 aromatic heterocycles. The van der Waals surface area contributed by atoms with E-state index >= 15 is 0 Å². The van der Waals surface area contributed by atoms with Gasteiger partial charge >= 0.3 is 0 Å². The Balaban J connectivity index is 0.000000290. The highest BCUT2D eigenvalue weighted by atomic mass is 16.5. The van der Waals surface area contributed by atoms with Crippen LogP contribution in [0.3, 0.4) is 0 Å². The van der Waals surface area contributed by atoms with E-state index in [2.05, 4.69) is 4.98 Å². The van der Waals surface area contributed by atoms with Gasteiger partial charge in [-0.05, 0) is 58.4 Å². The summed E-state index contributed by atoms with van der Waals surface area (Å²) in [5.41, 5.74) is 0.580. The topological polar surface area (TPSA) is 83.0 Å². The summed E-state index contributed by atoms with van der Waals surface area (Å²) in [6, 6.07) is 3.72. The maximum Gasteiger partial charge on any atom is 0.233 e. The van der Waals surface area contributed by atoms with Gasteiger partial charge in [0.15, 0.2) is 0 Å². The lowest BCUT2D eigenvalue weighted by Crippen LogP contribution is -2.38. The zero-order valence-electron chi connectivity index (χ0n) is 17.8. The van der Waals surface area contributed by atoms with E-state index in [-0.39, 0.29) is 23.5 Å². The molecule has 160 valence electrons. The van der Waals surface area contributed by atoms with Crippen LogP contribution < -0.4 is 9.64 Å². The molecule has 3 aliphatic rings. The average molecular weight is 404 g/mol. The summed E-state index contributed by atoms with van der Waals surface area (Å²) in [7, 11) is 1.84. The largest absolute Gasteiger partial charge is 0.475 e. The van der Waals surface area contributed by atoms with Crippen molar-refractivity contribution >= 4 is 17.5 Å². The fourth-order valence-electron chi connectivity index (χ4n) is 4.31. The summed E-state index contributed by atoms with van der Waals surface area (Å²) in [5, 5.41) is 9.68. The van der Waals surface area contributed by atoms with E-state index in [1.165, 1.54) is 0 Å². The Morgan fingerprint density at radius 3 is 2.38 bits per heavy atom. The van der Waals surface area contributed by atoms with Gasteiger partial charge < -0.3 is 19.6 Å². The van der Waals surface area contributed by atoms with Crippen LogP contribution in [0.5, 0.6) is 5.88 Å². The van der Waals surface area contributed by atoms with Gasteiger partial charge in [0.05, 0.1) is 29.5 Å². The van der Waals surface area contributed by atoms with Crippen LogP contribution in [0.1, 0.15) is 58.8 Å². The molecule has 0 aromatic carbocycles. The average Bonchev–Trinajstić information content (AvgIpc) is 3.22. The van der Waals surface area contributed by atoms with Crippen molar-refractivity contribution in [2.24, 2.45) is 5.41 Å². The minimum Gasteiger partial charge on any atom is -0.475 e. The minimum atomic E-state index is -0.258. The van der Waals surface area contributed by atoms with E-state index in [0.29, 0.717) is 11.8 Å². The Bertz CT molecular complexity index is 711.